The Morgan fingerprint density at radius 3 is 2.44 bits per heavy atom. The van der Waals surface area contributed by atoms with E-state index < -0.39 is 23.0 Å². The van der Waals surface area contributed by atoms with Gasteiger partial charge in [-0.25, -0.2) is 14.2 Å². The molecule has 3 aromatic rings. The number of aromatic carboxylic acids is 1. The summed E-state index contributed by atoms with van der Waals surface area (Å²) >= 11 is 5.94. The van der Waals surface area contributed by atoms with Crippen LogP contribution >= 0.6 is 11.6 Å². The first kappa shape index (κ1) is 15.8. The van der Waals surface area contributed by atoms with Gasteiger partial charge in [-0.15, -0.1) is 0 Å². The van der Waals surface area contributed by atoms with Crippen LogP contribution in [0.4, 0.5) is 4.39 Å². The van der Waals surface area contributed by atoms with Crippen LogP contribution in [0.3, 0.4) is 0 Å². The molecule has 0 amide bonds. The highest BCUT2D eigenvalue weighted by atomic mass is 35.5. The van der Waals surface area contributed by atoms with Gasteiger partial charge in [-0.1, -0.05) is 23.7 Å². The summed E-state index contributed by atoms with van der Waals surface area (Å²) in [4.78, 5) is 16.2. The van der Waals surface area contributed by atoms with Gasteiger partial charge in [0.15, 0.2) is 5.75 Å². The van der Waals surface area contributed by atoms with E-state index in [1.165, 1.54) is 12.1 Å². The lowest BCUT2D eigenvalue weighted by Crippen LogP contribution is -2.14. The minimum atomic E-state index is -1.32. The first-order chi connectivity index (χ1) is 11.9. The molecule has 1 aromatic heterocycles. The Balaban J connectivity index is 1.99. The van der Waals surface area contributed by atoms with Crippen molar-refractivity contribution in [3.63, 3.8) is 0 Å². The van der Waals surface area contributed by atoms with E-state index in [4.69, 9.17) is 11.6 Å². The van der Waals surface area contributed by atoms with Crippen LogP contribution in [0.15, 0.2) is 42.5 Å². The van der Waals surface area contributed by atoms with Crippen LogP contribution in [0.5, 0.6) is 5.75 Å². The Bertz CT molecular complexity index is 1010. The molecule has 6 heteroatoms. The van der Waals surface area contributed by atoms with Crippen LogP contribution in [-0.2, 0) is 5.41 Å². The van der Waals surface area contributed by atoms with Gasteiger partial charge in [-0.3, -0.25) is 0 Å². The Labute approximate surface area is 147 Å². The molecule has 0 atom stereocenters. The summed E-state index contributed by atoms with van der Waals surface area (Å²) in [5.41, 5.74) is 0.706. The molecule has 0 unspecified atom stereocenters. The number of aromatic nitrogens is 1. The fraction of sp³-hybridized carbons (Fsp3) is 0.158. The van der Waals surface area contributed by atoms with Gasteiger partial charge >= 0.3 is 5.97 Å². The van der Waals surface area contributed by atoms with E-state index in [0.717, 1.165) is 24.5 Å². The van der Waals surface area contributed by atoms with Gasteiger partial charge in [-0.05, 0) is 48.7 Å². The lowest BCUT2D eigenvalue weighted by atomic mass is 9.89. The number of benzene rings is 2. The summed E-state index contributed by atoms with van der Waals surface area (Å²) in [5.74, 6) is -2.30. The minimum Gasteiger partial charge on any atom is -0.505 e. The number of pyridine rings is 1. The summed E-state index contributed by atoms with van der Waals surface area (Å²) in [6.07, 6.45) is 1.47. The van der Waals surface area contributed by atoms with Crippen LogP contribution in [0.2, 0.25) is 5.02 Å². The molecular weight excluding hydrogens is 345 g/mol. The van der Waals surface area contributed by atoms with Crippen molar-refractivity contribution in [2.45, 2.75) is 18.3 Å². The maximum Gasteiger partial charge on any atom is 0.340 e. The van der Waals surface area contributed by atoms with Crippen molar-refractivity contribution in [1.82, 2.24) is 4.98 Å². The summed E-state index contributed by atoms with van der Waals surface area (Å²) < 4.78 is 13.5. The van der Waals surface area contributed by atoms with Gasteiger partial charge in [0.1, 0.15) is 11.4 Å². The number of halogens is 2. The minimum absolute atomic E-state index is 0.0839. The first-order valence-corrected chi connectivity index (χ1v) is 8.12. The molecule has 0 aliphatic heterocycles. The molecule has 2 aromatic carbocycles. The fourth-order valence-electron chi connectivity index (χ4n) is 3.33. The maximum atomic E-state index is 13.5. The molecule has 1 aliphatic rings. The molecule has 0 bridgehead atoms. The van der Waals surface area contributed by atoms with Crippen molar-refractivity contribution in [1.29, 1.82) is 0 Å². The van der Waals surface area contributed by atoms with Crippen LogP contribution < -0.4 is 0 Å². The highest BCUT2D eigenvalue weighted by Gasteiger charge is 2.49. The monoisotopic (exact) mass is 357 g/mol. The SMILES string of the molecule is O=C(O)c1c(O)c(C2(c3ccc(Cl)cc3)CC2)nc2ccc(F)cc12. The molecule has 0 saturated heterocycles. The zero-order valence-corrected chi connectivity index (χ0v) is 13.7. The van der Waals surface area contributed by atoms with E-state index >= 15 is 0 Å². The van der Waals surface area contributed by atoms with Gasteiger partial charge < -0.3 is 10.2 Å². The Morgan fingerprint density at radius 1 is 1.16 bits per heavy atom. The molecule has 0 radical (unpaired) electrons. The predicted octanol–water partition coefficient (Wildman–Crippen LogP) is 4.51. The number of hydrogen-bond donors (Lipinski definition) is 2. The number of aromatic hydroxyl groups is 1. The molecule has 0 spiro atoms. The predicted molar refractivity (Wildman–Crippen MR) is 91.8 cm³/mol. The Hall–Kier alpha value is -2.66. The van der Waals surface area contributed by atoms with Gasteiger partial charge in [-0.2, -0.15) is 0 Å². The van der Waals surface area contributed by atoms with Crippen molar-refractivity contribution >= 4 is 28.5 Å². The highest BCUT2D eigenvalue weighted by molar-refractivity contribution is 6.30. The second kappa shape index (κ2) is 5.43. The van der Waals surface area contributed by atoms with Gasteiger partial charge in [0, 0.05) is 15.8 Å². The fourth-order valence-corrected chi connectivity index (χ4v) is 3.46. The zero-order valence-electron chi connectivity index (χ0n) is 13.0. The standard InChI is InChI=1S/C19H13ClFNO3/c20-11-3-1-10(2-4-11)19(7-8-19)17-16(23)15(18(24)25)13-9-12(21)5-6-14(13)22-17/h1-6,9,23H,7-8H2,(H,24,25). The van der Waals surface area contributed by atoms with Crippen LogP contribution in [0.1, 0.15) is 34.5 Å². The number of nitrogens with zero attached hydrogens (tertiary/aromatic N) is 1. The second-order valence-corrected chi connectivity index (χ2v) is 6.68. The average Bonchev–Trinajstić information content (AvgIpc) is 3.36. The van der Waals surface area contributed by atoms with E-state index in [1.807, 2.05) is 12.1 Å². The number of rotatable bonds is 3. The number of fused-ring (bicyclic) bond motifs is 1. The topological polar surface area (TPSA) is 70.4 Å². The summed E-state index contributed by atoms with van der Waals surface area (Å²) in [5, 5.41) is 20.9. The van der Waals surface area contributed by atoms with Crippen LogP contribution in [0, 0.1) is 5.82 Å². The number of carbonyl (C=O) groups is 1. The summed E-state index contributed by atoms with van der Waals surface area (Å²) in [6.45, 7) is 0. The van der Waals surface area contributed by atoms with Crippen molar-refractivity contribution in [3.8, 4) is 5.75 Å². The molecular formula is C19H13ClFNO3. The smallest absolute Gasteiger partial charge is 0.340 e. The molecule has 1 saturated carbocycles. The largest absolute Gasteiger partial charge is 0.505 e. The van der Waals surface area contributed by atoms with Crippen LogP contribution in [0.25, 0.3) is 10.9 Å². The maximum absolute atomic E-state index is 13.5. The van der Waals surface area contributed by atoms with Crippen molar-refractivity contribution in [2.75, 3.05) is 0 Å². The van der Waals surface area contributed by atoms with Gasteiger partial charge in [0.25, 0.3) is 0 Å². The number of hydrogen-bond acceptors (Lipinski definition) is 3. The molecule has 25 heavy (non-hydrogen) atoms. The van der Waals surface area contributed by atoms with E-state index in [9.17, 15) is 19.4 Å². The third kappa shape index (κ3) is 2.43. The number of carboxylic acid groups (broad SMARTS) is 1. The summed E-state index contributed by atoms with van der Waals surface area (Å²) in [7, 11) is 0. The zero-order chi connectivity index (χ0) is 17.8. The van der Waals surface area contributed by atoms with Crippen LogP contribution in [-0.4, -0.2) is 21.2 Å². The number of carboxylic acids is 1. The highest BCUT2D eigenvalue weighted by Crippen LogP contribution is 2.56. The molecule has 4 rings (SSSR count). The lowest BCUT2D eigenvalue weighted by Gasteiger charge is -2.19. The van der Waals surface area contributed by atoms with E-state index in [0.29, 0.717) is 16.2 Å². The molecule has 4 nitrogen and oxygen atoms in total. The molecule has 1 fully saturated rings. The lowest BCUT2D eigenvalue weighted by molar-refractivity contribution is 0.0695. The Morgan fingerprint density at radius 2 is 1.84 bits per heavy atom. The van der Waals surface area contributed by atoms with E-state index in [2.05, 4.69) is 4.98 Å². The molecule has 1 aliphatic carbocycles. The van der Waals surface area contributed by atoms with Crippen molar-refractivity contribution < 1.29 is 19.4 Å². The van der Waals surface area contributed by atoms with Gasteiger partial charge in [0.2, 0.25) is 0 Å². The molecule has 126 valence electrons. The summed E-state index contributed by atoms with van der Waals surface area (Å²) in [6, 6.07) is 10.9. The second-order valence-electron chi connectivity index (χ2n) is 6.24. The third-order valence-electron chi connectivity index (χ3n) is 4.74. The molecule has 1 heterocycles. The first-order valence-electron chi connectivity index (χ1n) is 7.74. The quantitative estimate of drug-likeness (QED) is 0.723. The normalized spacial score (nSPS) is 15.3. The van der Waals surface area contributed by atoms with Gasteiger partial charge in [0.05, 0.1) is 11.2 Å². The average molecular weight is 358 g/mol. The van der Waals surface area contributed by atoms with E-state index in [-0.39, 0.29) is 10.9 Å². The van der Waals surface area contributed by atoms with Crippen molar-refractivity contribution in [3.05, 3.63) is 70.1 Å². The Kier molecular flexibility index (Phi) is 3.44. The van der Waals surface area contributed by atoms with E-state index in [1.54, 1.807) is 12.1 Å². The molecule has 2 N–H and O–H groups in total. The third-order valence-corrected chi connectivity index (χ3v) is 4.99. The van der Waals surface area contributed by atoms with Crippen molar-refractivity contribution in [2.24, 2.45) is 0 Å².